The second-order valence-corrected chi connectivity index (χ2v) is 7.56. The number of aliphatic hydroxyl groups is 1. The fraction of sp³-hybridized carbons (Fsp3) is 0.455. The van der Waals surface area contributed by atoms with Crippen molar-refractivity contribution in [1.82, 2.24) is 4.72 Å². The summed E-state index contributed by atoms with van der Waals surface area (Å²) in [5, 5.41) is 8.74. The Morgan fingerprint density at radius 1 is 1.37 bits per heavy atom. The molecule has 19 heavy (non-hydrogen) atoms. The molecule has 0 radical (unpaired) electrons. The number of anilines is 1. The van der Waals surface area contributed by atoms with Crippen LogP contribution in [0.5, 0.6) is 0 Å². The lowest BCUT2D eigenvalue weighted by Crippen LogP contribution is -2.33. The number of nitrogen functional groups attached to an aromatic ring is 1. The van der Waals surface area contributed by atoms with Crippen LogP contribution in [0.1, 0.15) is 19.8 Å². The van der Waals surface area contributed by atoms with Gasteiger partial charge < -0.3 is 10.8 Å². The predicted octanol–water partition coefficient (Wildman–Crippen LogP) is 2.23. The minimum atomic E-state index is -3.65. The van der Waals surface area contributed by atoms with Gasteiger partial charge in [-0.3, -0.25) is 0 Å². The molecule has 0 amide bonds. The van der Waals surface area contributed by atoms with E-state index in [9.17, 15) is 8.42 Å². The third-order valence-corrected chi connectivity index (χ3v) is 5.91. The Bertz CT molecular complexity index is 526. The number of benzene rings is 1. The van der Waals surface area contributed by atoms with Crippen molar-refractivity contribution in [3.05, 3.63) is 21.1 Å². The van der Waals surface area contributed by atoms with E-state index in [1.54, 1.807) is 6.92 Å². The zero-order valence-corrected chi connectivity index (χ0v) is 14.3. The number of halogens is 2. The number of hydrogen-bond acceptors (Lipinski definition) is 4. The van der Waals surface area contributed by atoms with Gasteiger partial charge in [0.05, 0.1) is 0 Å². The number of nitrogens with two attached hydrogens (primary N) is 1. The molecule has 8 heteroatoms. The molecule has 0 fully saturated rings. The summed E-state index contributed by atoms with van der Waals surface area (Å²) in [6, 6.07) is 2.82. The molecule has 1 atom stereocenters. The van der Waals surface area contributed by atoms with E-state index in [1.807, 2.05) is 0 Å². The van der Waals surface area contributed by atoms with Crippen molar-refractivity contribution in [3.63, 3.8) is 0 Å². The summed E-state index contributed by atoms with van der Waals surface area (Å²) in [4.78, 5) is 0.123. The van der Waals surface area contributed by atoms with E-state index >= 15 is 0 Å². The van der Waals surface area contributed by atoms with Crippen molar-refractivity contribution < 1.29 is 13.5 Å². The third kappa shape index (κ3) is 4.71. The minimum absolute atomic E-state index is 0.0430. The molecule has 0 saturated heterocycles. The average Bonchev–Trinajstić information content (AvgIpc) is 2.23. The molecule has 108 valence electrons. The number of rotatable bonds is 6. The summed E-state index contributed by atoms with van der Waals surface area (Å²) in [5.74, 6) is 0. The maximum Gasteiger partial charge on any atom is 0.243 e. The summed E-state index contributed by atoms with van der Waals surface area (Å²) in [6.45, 7) is 1.80. The van der Waals surface area contributed by atoms with Crippen molar-refractivity contribution in [3.8, 4) is 0 Å². The van der Waals surface area contributed by atoms with Crippen LogP contribution < -0.4 is 10.5 Å². The van der Waals surface area contributed by atoms with E-state index in [2.05, 4.69) is 36.6 Å². The van der Waals surface area contributed by atoms with E-state index < -0.39 is 10.0 Å². The molecule has 0 bridgehead atoms. The summed E-state index contributed by atoms with van der Waals surface area (Å²) in [6.07, 6.45) is 1.12. The summed E-state index contributed by atoms with van der Waals surface area (Å²) in [5.41, 5.74) is 6.10. The highest BCUT2D eigenvalue weighted by atomic mass is 79.9. The van der Waals surface area contributed by atoms with Gasteiger partial charge in [0.25, 0.3) is 0 Å². The van der Waals surface area contributed by atoms with Gasteiger partial charge in [0.1, 0.15) is 4.90 Å². The first-order valence-corrected chi connectivity index (χ1v) is 8.72. The van der Waals surface area contributed by atoms with Crippen LogP contribution in [0.4, 0.5) is 5.69 Å². The summed E-state index contributed by atoms with van der Waals surface area (Å²) in [7, 11) is -3.65. The Morgan fingerprint density at radius 3 is 2.37 bits per heavy atom. The van der Waals surface area contributed by atoms with Crippen LogP contribution in [0, 0.1) is 0 Å². The second kappa shape index (κ2) is 7.03. The number of aliphatic hydroxyl groups excluding tert-OH is 1. The smallest absolute Gasteiger partial charge is 0.243 e. The highest BCUT2D eigenvalue weighted by Gasteiger charge is 2.23. The SMILES string of the molecule is CC(CCCO)NS(=O)(=O)c1c(Br)cc(N)cc1Br. The van der Waals surface area contributed by atoms with Gasteiger partial charge in [0, 0.05) is 27.3 Å². The maximum atomic E-state index is 12.3. The quantitative estimate of drug-likeness (QED) is 0.621. The van der Waals surface area contributed by atoms with Crippen molar-refractivity contribution in [2.45, 2.75) is 30.7 Å². The molecule has 1 aromatic carbocycles. The first kappa shape index (κ1) is 16.9. The van der Waals surface area contributed by atoms with Gasteiger partial charge in [-0.05, 0) is 63.8 Å². The van der Waals surface area contributed by atoms with Gasteiger partial charge in [-0.15, -0.1) is 0 Å². The van der Waals surface area contributed by atoms with E-state index in [0.29, 0.717) is 27.5 Å². The normalized spacial score (nSPS) is 13.5. The topological polar surface area (TPSA) is 92.4 Å². The van der Waals surface area contributed by atoms with E-state index in [4.69, 9.17) is 10.8 Å². The van der Waals surface area contributed by atoms with Gasteiger partial charge >= 0.3 is 0 Å². The van der Waals surface area contributed by atoms with Gasteiger partial charge in [-0.2, -0.15) is 0 Å². The Hall–Kier alpha value is -0.150. The number of sulfonamides is 1. The van der Waals surface area contributed by atoms with Crippen LogP contribution in [-0.2, 0) is 10.0 Å². The third-order valence-electron chi connectivity index (χ3n) is 2.44. The Labute approximate surface area is 129 Å². The van der Waals surface area contributed by atoms with Crippen molar-refractivity contribution in [1.29, 1.82) is 0 Å². The molecule has 0 saturated carbocycles. The molecule has 0 spiro atoms. The Kier molecular flexibility index (Phi) is 6.25. The van der Waals surface area contributed by atoms with E-state index in [0.717, 1.165) is 0 Å². The van der Waals surface area contributed by atoms with Crippen LogP contribution in [0.15, 0.2) is 26.0 Å². The zero-order valence-electron chi connectivity index (χ0n) is 10.4. The Balaban J connectivity index is 3.01. The molecule has 1 unspecified atom stereocenters. The average molecular weight is 416 g/mol. The zero-order chi connectivity index (χ0) is 14.6. The van der Waals surface area contributed by atoms with Crippen LogP contribution in [0.3, 0.4) is 0 Å². The summed E-state index contributed by atoms with van der Waals surface area (Å²) < 4.78 is 27.9. The van der Waals surface area contributed by atoms with Crippen LogP contribution in [0.25, 0.3) is 0 Å². The highest BCUT2D eigenvalue weighted by Crippen LogP contribution is 2.32. The first-order chi connectivity index (χ1) is 8.77. The second-order valence-electron chi connectivity index (χ2n) is 4.20. The molecular formula is C11H16Br2N2O3S. The molecule has 4 N–H and O–H groups in total. The number of nitrogens with one attached hydrogen (secondary N) is 1. The minimum Gasteiger partial charge on any atom is -0.399 e. The lowest BCUT2D eigenvalue weighted by molar-refractivity contribution is 0.279. The van der Waals surface area contributed by atoms with Gasteiger partial charge in [0.2, 0.25) is 10.0 Å². The van der Waals surface area contributed by atoms with Crippen LogP contribution in [-0.4, -0.2) is 26.2 Å². The van der Waals surface area contributed by atoms with Gasteiger partial charge in [0.15, 0.2) is 0 Å². The first-order valence-electron chi connectivity index (χ1n) is 5.65. The fourth-order valence-electron chi connectivity index (χ4n) is 1.62. The van der Waals surface area contributed by atoms with Crippen LogP contribution >= 0.6 is 31.9 Å². The van der Waals surface area contributed by atoms with Crippen molar-refractivity contribution >= 4 is 47.6 Å². The number of hydrogen-bond donors (Lipinski definition) is 3. The van der Waals surface area contributed by atoms with Crippen LogP contribution in [0.2, 0.25) is 0 Å². The molecule has 0 aliphatic carbocycles. The molecule has 1 aromatic rings. The highest BCUT2D eigenvalue weighted by molar-refractivity contribution is 9.11. The molecule has 0 heterocycles. The lowest BCUT2D eigenvalue weighted by Gasteiger charge is -2.16. The van der Waals surface area contributed by atoms with Gasteiger partial charge in [-0.1, -0.05) is 0 Å². The largest absolute Gasteiger partial charge is 0.399 e. The molecule has 0 aliphatic heterocycles. The van der Waals surface area contributed by atoms with Gasteiger partial charge in [-0.25, -0.2) is 13.1 Å². The molecular weight excluding hydrogens is 400 g/mol. The molecule has 0 aromatic heterocycles. The molecule has 1 rings (SSSR count). The maximum absolute atomic E-state index is 12.3. The van der Waals surface area contributed by atoms with E-state index in [1.165, 1.54) is 12.1 Å². The molecule has 5 nitrogen and oxygen atoms in total. The van der Waals surface area contributed by atoms with Crippen molar-refractivity contribution in [2.24, 2.45) is 0 Å². The van der Waals surface area contributed by atoms with Crippen molar-refractivity contribution in [2.75, 3.05) is 12.3 Å². The van der Waals surface area contributed by atoms with E-state index in [-0.39, 0.29) is 17.5 Å². The Morgan fingerprint density at radius 2 is 1.89 bits per heavy atom. The summed E-state index contributed by atoms with van der Waals surface area (Å²) >= 11 is 6.41. The predicted molar refractivity (Wildman–Crippen MR) is 82.4 cm³/mol. The monoisotopic (exact) mass is 414 g/mol. The fourth-order valence-corrected chi connectivity index (χ4v) is 5.51. The molecule has 0 aliphatic rings. The lowest BCUT2D eigenvalue weighted by atomic mass is 10.2. The standard InChI is InChI=1S/C11H16Br2N2O3S/c1-7(3-2-4-16)15-19(17,18)11-9(12)5-8(14)6-10(11)13/h5-7,15-16H,2-4,14H2,1H3.